The minimum atomic E-state index is 0.692. The van der Waals surface area contributed by atoms with E-state index in [0.717, 1.165) is 12.5 Å². The van der Waals surface area contributed by atoms with E-state index >= 15 is 0 Å². The zero-order valence-corrected chi connectivity index (χ0v) is 11.8. The van der Waals surface area contributed by atoms with Gasteiger partial charge in [0.2, 0.25) is 0 Å². The van der Waals surface area contributed by atoms with E-state index in [0.29, 0.717) is 12.1 Å². The maximum atomic E-state index is 3.78. The Balaban J connectivity index is 1.72. The lowest BCUT2D eigenvalue weighted by molar-refractivity contribution is 0.110. The predicted octanol–water partition coefficient (Wildman–Crippen LogP) is 1.40. The molecule has 3 heteroatoms. The van der Waals surface area contributed by atoms with Gasteiger partial charge in [-0.1, -0.05) is 12.8 Å². The minimum absolute atomic E-state index is 0.692. The molecule has 2 fully saturated rings. The molecule has 17 heavy (non-hydrogen) atoms. The van der Waals surface area contributed by atoms with Crippen LogP contribution in [0.1, 0.15) is 32.6 Å². The molecule has 2 unspecified atom stereocenters. The van der Waals surface area contributed by atoms with Crippen LogP contribution >= 0.6 is 0 Å². The van der Waals surface area contributed by atoms with Crippen molar-refractivity contribution < 1.29 is 0 Å². The highest BCUT2D eigenvalue weighted by molar-refractivity contribution is 4.83. The first-order valence-electron chi connectivity index (χ1n) is 7.29. The van der Waals surface area contributed by atoms with E-state index in [1.54, 1.807) is 0 Å². The molecule has 0 aromatic heterocycles. The molecule has 2 aliphatic rings. The van der Waals surface area contributed by atoms with E-state index in [2.05, 4.69) is 36.1 Å². The van der Waals surface area contributed by atoms with Crippen molar-refractivity contribution in [2.24, 2.45) is 5.92 Å². The molecule has 0 radical (unpaired) electrons. The maximum absolute atomic E-state index is 3.78. The van der Waals surface area contributed by atoms with Gasteiger partial charge in [0.1, 0.15) is 0 Å². The number of likely N-dealkylation sites (N-methyl/N-ethyl adjacent to an activating group) is 2. The molecule has 0 bridgehead atoms. The van der Waals surface area contributed by atoms with Gasteiger partial charge in [-0.3, -0.25) is 4.90 Å². The first kappa shape index (κ1) is 13.3. The molecule has 1 saturated heterocycles. The van der Waals surface area contributed by atoms with E-state index < -0.39 is 0 Å². The standard InChI is InChI=1S/C14H29N3/c1-12(13-6-4-5-7-13)15-10-14-11-16(2)8-9-17(14)3/h12-15H,4-11H2,1-3H3. The summed E-state index contributed by atoms with van der Waals surface area (Å²) in [6.07, 6.45) is 5.77. The third-order valence-corrected chi connectivity index (χ3v) is 4.76. The Bertz CT molecular complexity index is 226. The van der Waals surface area contributed by atoms with Crippen molar-refractivity contribution in [3.8, 4) is 0 Å². The summed E-state index contributed by atoms with van der Waals surface area (Å²) in [5, 5.41) is 3.78. The fourth-order valence-corrected chi connectivity index (χ4v) is 3.27. The van der Waals surface area contributed by atoms with Gasteiger partial charge in [-0.2, -0.15) is 0 Å². The predicted molar refractivity (Wildman–Crippen MR) is 73.3 cm³/mol. The quantitative estimate of drug-likeness (QED) is 0.800. The first-order valence-corrected chi connectivity index (χ1v) is 7.29. The fraction of sp³-hybridized carbons (Fsp3) is 1.00. The van der Waals surface area contributed by atoms with Gasteiger partial charge in [0.05, 0.1) is 0 Å². The molecule has 1 N–H and O–H groups in total. The lowest BCUT2D eigenvalue weighted by Crippen LogP contribution is -2.55. The van der Waals surface area contributed by atoms with Crippen LogP contribution in [0.15, 0.2) is 0 Å². The van der Waals surface area contributed by atoms with Crippen molar-refractivity contribution in [1.82, 2.24) is 15.1 Å². The van der Waals surface area contributed by atoms with Gasteiger partial charge >= 0.3 is 0 Å². The Kier molecular flexibility index (Phi) is 4.83. The molecule has 0 aromatic rings. The molecule has 3 nitrogen and oxygen atoms in total. The average molecular weight is 239 g/mol. The van der Waals surface area contributed by atoms with Crippen LogP contribution in [0.3, 0.4) is 0 Å². The Labute approximate surface area is 107 Å². The van der Waals surface area contributed by atoms with Crippen molar-refractivity contribution in [3.05, 3.63) is 0 Å². The Morgan fingerprint density at radius 3 is 2.59 bits per heavy atom. The van der Waals surface area contributed by atoms with Crippen molar-refractivity contribution in [2.45, 2.75) is 44.7 Å². The van der Waals surface area contributed by atoms with Gasteiger partial charge in [0.25, 0.3) is 0 Å². The maximum Gasteiger partial charge on any atom is 0.0345 e. The molecular formula is C14H29N3. The third kappa shape index (κ3) is 3.67. The van der Waals surface area contributed by atoms with Crippen molar-refractivity contribution in [1.29, 1.82) is 0 Å². The smallest absolute Gasteiger partial charge is 0.0345 e. The number of nitrogens with one attached hydrogen (secondary N) is 1. The molecule has 1 aliphatic carbocycles. The monoisotopic (exact) mass is 239 g/mol. The number of hydrogen-bond acceptors (Lipinski definition) is 3. The van der Waals surface area contributed by atoms with Crippen LogP contribution in [0.25, 0.3) is 0 Å². The van der Waals surface area contributed by atoms with Gasteiger partial charge in [-0.25, -0.2) is 0 Å². The van der Waals surface area contributed by atoms with Crippen molar-refractivity contribution in [2.75, 3.05) is 40.3 Å². The summed E-state index contributed by atoms with van der Waals surface area (Å²) < 4.78 is 0. The van der Waals surface area contributed by atoms with E-state index in [4.69, 9.17) is 0 Å². The first-order chi connectivity index (χ1) is 8.16. The van der Waals surface area contributed by atoms with E-state index in [1.165, 1.54) is 45.3 Å². The highest BCUT2D eigenvalue weighted by atomic mass is 15.3. The molecule has 1 aliphatic heterocycles. The zero-order valence-electron chi connectivity index (χ0n) is 11.8. The molecule has 1 heterocycles. The molecule has 100 valence electrons. The van der Waals surface area contributed by atoms with Gasteiger partial charge < -0.3 is 10.2 Å². The van der Waals surface area contributed by atoms with Crippen LogP contribution in [0.2, 0.25) is 0 Å². The van der Waals surface area contributed by atoms with E-state index in [1.807, 2.05) is 0 Å². The molecule has 0 aromatic carbocycles. The topological polar surface area (TPSA) is 18.5 Å². The number of rotatable bonds is 4. The highest BCUT2D eigenvalue weighted by Gasteiger charge is 2.25. The molecule has 2 atom stereocenters. The Morgan fingerprint density at radius 1 is 1.18 bits per heavy atom. The normalized spacial score (nSPS) is 30.9. The number of nitrogens with zero attached hydrogens (tertiary/aromatic N) is 2. The largest absolute Gasteiger partial charge is 0.312 e. The summed E-state index contributed by atoms with van der Waals surface area (Å²) in [4.78, 5) is 4.96. The van der Waals surface area contributed by atoms with Crippen LogP contribution < -0.4 is 5.32 Å². The van der Waals surface area contributed by atoms with Gasteiger partial charge in [-0.05, 0) is 39.8 Å². The summed E-state index contributed by atoms with van der Waals surface area (Å²) in [5.74, 6) is 0.932. The molecular weight excluding hydrogens is 210 g/mol. The van der Waals surface area contributed by atoms with Crippen LogP contribution in [0, 0.1) is 5.92 Å². The summed E-state index contributed by atoms with van der Waals surface area (Å²) in [5.41, 5.74) is 0. The summed E-state index contributed by atoms with van der Waals surface area (Å²) in [6.45, 7) is 7.16. The number of piperazine rings is 1. The third-order valence-electron chi connectivity index (χ3n) is 4.76. The Hall–Kier alpha value is -0.120. The van der Waals surface area contributed by atoms with Crippen LogP contribution in [-0.4, -0.2) is 62.2 Å². The van der Waals surface area contributed by atoms with Crippen LogP contribution in [0.4, 0.5) is 0 Å². The van der Waals surface area contributed by atoms with Crippen LogP contribution in [-0.2, 0) is 0 Å². The lowest BCUT2D eigenvalue weighted by atomic mass is 9.99. The molecule has 1 saturated carbocycles. The van der Waals surface area contributed by atoms with Gasteiger partial charge in [0, 0.05) is 38.3 Å². The SMILES string of the molecule is CC(NCC1CN(C)CCN1C)C1CCCC1. The Morgan fingerprint density at radius 2 is 1.88 bits per heavy atom. The summed E-state index contributed by atoms with van der Waals surface area (Å²) >= 11 is 0. The second-order valence-electron chi connectivity index (χ2n) is 6.14. The highest BCUT2D eigenvalue weighted by Crippen LogP contribution is 2.27. The zero-order chi connectivity index (χ0) is 12.3. The van der Waals surface area contributed by atoms with Crippen LogP contribution in [0.5, 0.6) is 0 Å². The molecule has 0 amide bonds. The molecule has 0 spiro atoms. The van der Waals surface area contributed by atoms with E-state index in [9.17, 15) is 0 Å². The average Bonchev–Trinajstić information content (AvgIpc) is 2.83. The second-order valence-corrected chi connectivity index (χ2v) is 6.14. The van der Waals surface area contributed by atoms with Gasteiger partial charge in [-0.15, -0.1) is 0 Å². The second kappa shape index (κ2) is 6.17. The van der Waals surface area contributed by atoms with E-state index in [-0.39, 0.29) is 0 Å². The van der Waals surface area contributed by atoms with Gasteiger partial charge in [0.15, 0.2) is 0 Å². The lowest BCUT2D eigenvalue weighted by Gasteiger charge is -2.38. The summed E-state index contributed by atoms with van der Waals surface area (Å²) in [6, 6.07) is 1.40. The summed E-state index contributed by atoms with van der Waals surface area (Å²) in [7, 11) is 4.50. The van der Waals surface area contributed by atoms with Crippen molar-refractivity contribution >= 4 is 0 Å². The molecule has 2 rings (SSSR count). The fourth-order valence-electron chi connectivity index (χ4n) is 3.27. The minimum Gasteiger partial charge on any atom is -0.312 e. The number of hydrogen-bond donors (Lipinski definition) is 1. The van der Waals surface area contributed by atoms with Crippen molar-refractivity contribution in [3.63, 3.8) is 0 Å².